The van der Waals surface area contributed by atoms with Gasteiger partial charge in [0.25, 0.3) is 0 Å². The maximum atomic E-state index is 3.66. The topological polar surface area (TPSA) is 0 Å². The summed E-state index contributed by atoms with van der Waals surface area (Å²) in [5.74, 6) is 0. The van der Waals surface area contributed by atoms with E-state index in [4.69, 9.17) is 0 Å². The Hall–Kier alpha value is -0.560. The molecule has 0 aliphatic heterocycles. The molecular weight excluding hydrogens is 308 g/mol. The Balaban J connectivity index is 1.63. The Labute approximate surface area is 132 Å². The fourth-order valence-electron chi connectivity index (χ4n) is 3.09. The molecule has 0 fully saturated rings. The first-order valence-electron chi connectivity index (χ1n) is 8.29. The van der Waals surface area contributed by atoms with E-state index in [0.717, 1.165) is 6.42 Å². The molecule has 0 nitrogen and oxygen atoms in total. The molecule has 0 unspecified atom stereocenters. The fourth-order valence-corrected chi connectivity index (χ4v) is 3.62. The summed E-state index contributed by atoms with van der Waals surface area (Å²) in [6.07, 6.45) is 16.0. The number of rotatable bonds is 9. The third-order valence-electron chi connectivity index (χ3n) is 4.32. The van der Waals surface area contributed by atoms with Gasteiger partial charge >= 0.3 is 0 Å². The molecule has 0 bridgehead atoms. The first-order chi connectivity index (χ1) is 9.83. The molecule has 0 N–H and O–H groups in total. The van der Waals surface area contributed by atoms with Gasteiger partial charge in [0.2, 0.25) is 0 Å². The summed E-state index contributed by atoms with van der Waals surface area (Å²) in [4.78, 5) is 0. The van der Waals surface area contributed by atoms with Crippen molar-refractivity contribution in [3.05, 3.63) is 39.9 Å². The van der Waals surface area contributed by atoms with Crippen LogP contribution in [0, 0.1) is 0 Å². The van der Waals surface area contributed by atoms with Crippen LogP contribution in [0.25, 0.3) is 5.57 Å². The number of fused-ring (bicyclic) bond motifs is 1. The van der Waals surface area contributed by atoms with E-state index >= 15 is 0 Å². The highest BCUT2D eigenvalue weighted by Gasteiger charge is 2.15. The van der Waals surface area contributed by atoms with E-state index in [2.05, 4.69) is 47.1 Å². The lowest BCUT2D eigenvalue weighted by molar-refractivity contribution is 0.579. The first kappa shape index (κ1) is 15.8. The summed E-state index contributed by atoms with van der Waals surface area (Å²) in [5.41, 5.74) is 4.55. The van der Waals surface area contributed by atoms with Crippen LogP contribution in [-0.2, 0) is 6.42 Å². The second kappa shape index (κ2) is 8.67. The molecule has 1 aliphatic rings. The molecule has 0 saturated heterocycles. The van der Waals surface area contributed by atoms with Crippen molar-refractivity contribution in [2.75, 3.05) is 0 Å². The predicted molar refractivity (Wildman–Crippen MR) is 93.1 cm³/mol. The second-order valence-electron chi connectivity index (χ2n) is 5.92. The normalized spacial score (nSPS) is 13.4. The van der Waals surface area contributed by atoms with E-state index in [9.17, 15) is 0 Å². The quantitative estimate of drug-likeness (QED) is 0.430. The zero-order valence-electron chi connectivity index (χ0n) is 12.8. The molecule has 1 aromatic carbocycles. The van der Waals surface area contributed by atoms with Crippen molar-refractivity contribution in [3.8, 4) is 0 Å². The van der Waals surface area contributed by atoms with Crippen molar-refractivity contribution in [1.82, 2.24) is 0 Å². The molecule has 0 saturated carbocycles. The van der Waals surface area contributed by atoms with Crippen LogP contribution in [-0.4, -0.2) is 0 Å². The maximum Gasteiger partial charge on any atom is 0.0216 e. The minimum Gasteiger partial charge on any atom is -0.0762 e. The van der Waals surface area contributed by atoms with Crippen LogP contribution in [0.1, 0.15) is 75.8 Å². The molecule has 0 amide bonds. The van der Waals surface area contributed by atoms with E-state index in [1.54, 1.807) is 5.57 Å². The maximum absolute atomic E-state index is 3.66. The Kier molecular flexibility index (Phi) is 6.86. The smallest absolute Gasteiger partial charge is 0.0216 e. The Bertz CT molecular complexity index is 445. The summed E-state index contributed by atoms with van der Waals surface area (Å²) in [5, 5.41) is 0. The second-order valence-corrected chi connectivity index (χ2v) is 6.78. The van der Waals surface area contributed by atoms with Crippen molar-refractivity contribution < 1.29 is 0 Å². The van der Waals surface area contributed by atoms with Gasteiger partial charge in [-0.05, 0) is 42.0 Å². The summed E-state index contributed by atoms with van der Waals surface area (Å²) < 4.78 is 1.28. The van der Waals surface area contributed by atoms with Crippen LogP contribution in [0.15, 0.2) is 28.7 Å². The number of unbranched alkanes of at least 4 members (excludes halogenated alkanes) is 7. The van der Waals surface area contributed by atoms with E-state index in [1.807, 2.05) is 0 Å². The molecule has 110 valence electrons. The zero-order valence-corrected chi connectivity index (χ0v) is 14.3. The molecule has 0 aromatic heterocycles. The first-order valence-corrected chi connectivity index (χ1v) is 9.09. The number of allylic oxidation sites excluding steroid dienone is 2. The minimum absolute atomic E-state index is 1.11. The molecule has 1 aliphatic carbocycles. The van der Waals surface area contributed by atoms with Gasteiger partial charge in [0.05, 0.1) is 0 Å². The van der Waals surface area contributed by atoms with Gasteiger partial charge in [-0.3, -0.25) is 0 Å². The monoisotopic (exact) mass is 334 g/mol. The van der Waals surface area contributed by atoms with E-state index in [0.29, 0.717) is 0 Å². The van der Waals surface area contributed by atoms with Gasteiger partial charge in [0, 0.05) is 4.47 Å². The lowest BCUT2D eigenvalue weighted by Crippen LogP contribution is -1.87. The van der Waals surface area contributed by atoms with Gasteiger partial charge in [-0.15, -0.1) is 0 Å². The molecule has 1 aromatic rings. The SMILES string of the molecule is CCCCCCCCCCC1=CCc2c(Br)cccc21. The van der Waals surface area contributed by atoms with Crippen LogP contribution in [0.2, 0.25) is 0 Å². The average Bonchev–Trinajstić information content (AvgIpc) is 2.87. The van der Waals surface area contributed by atoms with Gasteiger partial charge in [-0.25, -0.2) is 0 Å². The third-order valence-corrected chi connectivity index (χ3v) is 5.06. The van der Waals surface area contributed by atoms with Crippen LogP contribution < -0.4 is 0 Å². The van der Waals surface area contributed by atoms with E-state index in [1.165, 1.54) is 73.4 Å². The van der Waals surface area contributed by atoms with Gasteiger partial charge in [-0.2, -0.15) is 0 Å². The largest absolute Gasteiger partial charge is 0.0762 e. The highest BCUT2D eigenvalue weighted by molar-refractivity contribution is 9.10. The molecule has 0 atom stereocenters. The Morgan fingerprint density at radius 1 is 0.950 bits per heavy atom. The van der Waals surface area contributed by atoms with Crippen molar-refractivity contribution in [1.29, 1.82) is 0 Å². The zero-order chi connectivity index (χ0) is 14.2. The van der Waals surface area contributed by atoms with Crippen molar-refractivity contribution in [3.63, 3.8) is 0 Å². The molecular formula is C19H27Br. The molecule has 2 rings (SSSR count). The number of hydrogen-bond acceptors (Lipinski definition) is 0. The van der Waals surface area contributed by atoms with E-state index < -0.39 is 0 Å². The number of hydrogen-bond donors (Lipinski definition) is 0. The lowest BCUT2D eigenvalue weighted by Gasteiger charge is -2.07. The van der Waals surface area contributed by atoms with Crippen LogP contribution in [0.3, 0.4) is 0 Å². The lowest BCUT2D eigenvalue weighted by atomic mass is 10.00. The summed E-state index contributed by atoms with van der Waals surface area (Å²) in [6, 6.07) is 6.60. The average molecular weight is 335 g/mol. The minimum atomic E-state index is 1.11. The van der Waals surface area contributed by atoms with Gasteiger partial charge in [0.15, 0.2) is 0 Å². The van der Waals surface area contributed by atoms with Crippen LogP contribution in [0.5, 0.6) is 0 Å². The molecule has 20 heavy (non-hydrogen) atoms. The van der Waals surface area contributed by atoms with Crippen LogP contribution >= 0.6 is 15.9 Å². The highest BCUT2D eigenvalue weighted by atomic mass is 79.9. The van der Waals surface area contributed by atoms with Crippen molar-refractivity contribution in [2.24, 2.45) is 0 Å². The molecule has 0 spiro atoms. The fraction of sp³-hybridized carbons (Fsp3) is 0.579. The molecule has 1 heteroatoms. The molecule has 0 radical (unpaired) electrons. The van der Waals surface area contributed by atoms with Crippen molar-refractivity contribution >= 4 is 21.5 Å². The van der Waals surface area contributed by atoms with E-state index in [-0.39, 0.29) is 0 Å². The standard InChI is InChI=1S/C19H27Br/c1-2-3-4-5-6-7-8-9-11-16-14-15-18-17(16)12-10-13-19(18)20/h10,12-14H,2-9,11,15H2,1H3. The summed E-state index contributed by atoms with van der Waals surface area (Å²) in [7, 11) is 0. The molecule has 0 heterocycles. The number of halogens is 1. The predicted octanol–water partition coefficient (Wildman–Crippen LogP) is 6.92. The third kappa shape index (κ3) is 4.48. The van der Waals surface area contributed by atoms with Crippen molar-refractivity contribution in [2.45, 2.75) is 71.1 Å². The Morgan fingerprint density at radius 2 is 1.65 bits per heavy atom. The number of benzene rings is 1. The highest BCUT2D eigenvalue weighted by Crippen LogP contribution is 2.35. The van der Waals surface area contributed by atoms with Gasteiger partial charge < -0.3 is 0 Å². The summed E-state index contributed by atoms with van der Waals surface area (Å²) in [6.45, 7) is 2.28. The Morgan fingerprint density at radius 3 is 2.40 bits per heavy atom. The van der Waals surface area contributed by atoms with Crippen LogP contribution in [0.4, 0.5) is 0 Å². The summed E-state index contributed by atoms with van der Waals surface area (Å²) >= 11 is 3.66. The van der Waals surface area contributed by atoms with Gasteiger partial charge in [0.1, 0.15) is 0 Å². The van der Waals surface area contributed by atoms with Gasteiger partial charge in [-0.1, -0.05) is 86.0 Å².